The molecule has 0 bridgehead atoms. The standard InChI is InChI=1S/C13H27N3O3/c1-5-15(6-2)10-11(4)14-13(19)16(7-3)9-8-12(17)18/h11H,5-10H2,1-4H3,(H,14,19)(H,17,18). The zero-order chi connectivity index (χ0) is 14.8. The molecular formula is C13H27N3O3. The molecule has 6 nitrogen and oxygen atoms in total. The van der Waals surface area contributed by atoms with Gasteiger partial charge in [0, 0.05) is 25.7 Å². The molecule has 0 aromatic rings. The van der Waals surface area contributed by atoms with E-state index >= 15 is 0 Å². The molecule has 0 aliphatic carbocycles. The number of amides is 2. The number of carboxylic acid groups (broad SMARTS) is 1. The van der Waals surface area contributed by atoms with Crippen molar-refractivity contribution >= 4 is 12.0 Å². The van der Waals surface area contributed by atoms with Gasteiger partial charge in [-0.05, 0) is 26.9 Å². The molecule has 19 heavy (non-hydrogen) atoms. The molecule has 0 saturated carbocycles. The van der Waals surface area contributed by atoms with Crippen molar-refractivity contribution in [1.82, 2.24) is 15.1 Å². The van der Waals surface area contributed by atoms with Crippen LogP contribution in [0.4, 0.5) is 4.79 Å². The lowest BCUT2D eigenvalue weighted by Gasteiger charge is -2.27. The number of urea groups is 1. The summed E-state index contributed by atoms with van der Waals surface area (Å²) in [7, 11) is 0. The summed E-state index contributed by atoms with van der Waals surface area (Å²) in [5.41, 5.74) is 0. The number of carbonyl (C=O) groups excluding carboxylic acids is 1. The minimum atomic E-state index is -0.887. The zero-order valence-electron chi connectivity index (χ0n) is 12.5. The van der Waals surface area contributed by atoms with Gasteiger partial charge in [0.05, 0.1) is 6.42 Å². The molecule has 0 aliphatic heterocycles. The lowest BCUT2D eigenvalue weighted by atomic mass is 10.3. The van der Waals surface area contributed by atoms with E-state index in [1.54, 1.807) is 0 Å². The van der Waals surface area contributed by atoms with E-state index in [9.17, 15) is 9.59 Å². The average Bonchev–Trinajstić information content (AvgIpc) is 2.36. The summed E-state index contributed by atoms with van der Waals surface area (Å²) in [5.74, 6) is -0.887. The number of hydrogen-bond donors (Lipinski definition) is 2. The summed E-state index contributed by atoms with van der Waals surface area (Å²) in [6.45, 7) is 11.4. The van der Waals surface area contributed by atoms with E-state index < -0.39 is 5.97 Å². The summed E-state index contributed by atoms with van der Waals surface area (Å²) in [5, 5.41) is 11.5. The molecule has 1 atom stereocenters. The van der Waals surface area contributed by atoms with E-state index in [1.165, 1.54) is 4.90 Å². The summed E-state index contributed by atoms with van der Waals surface area (Å²) < 4.78 is 0. The van der Waals surface area contributed by atoms with Gasteiger partial charge in [-0.2, -0.15) is 0 Å². The average molecular weight is 273 g/mol. The van der Waals surface area contributed by atoms with Crippen molar-refractivity contribution < 1.29 is 14.7 Å². The Morgan fingerprint density at radius 1 is 1.16 bits per heavy atom. The molecule has 0 saturated heterocycles. The third-order valence-corrected chi connectivity index (χ3v) is 3.06. The van der Waals surface area contributed by atoms with Crippen LogP contribution >= 0.6 is 0 Å². The molecule has 0 rings (SSSR count). The summed E-state index contributed by atoms with van der Waals surface area (Å²) in [6, 6.07) is -0.144. The predicted molar refractivity (Wildman–Crippen MR) is 75.3 cm³/mol. The molecule has 0 aromatic carbocycles. The van der Waals surface area contributed by atoms with Gasteiger partial charge in [0.1, 0.15) is 0 Å². The van der Waals surface area contributed by atoms with Crippen LogP contribution in [-0.2, 0) is 4.79 Å². The van der Waals surface area contributed by atoms with Crippen molar-refractivity contribution in [2.24, 2.45) is 0 Å². The van der Waals surface area contributed by atoms with Crippen molar-refractivity contribution in [3.8, 4) is 0 Å². The zero-order valence-corrected chi connectivity index (χ0v) is 12.5. The van der Waals surface area contributed by atoms with Gasteiger partial charge in [-0.25, -0.2) is 4.79 Å². The van der Waals surface area contributed by atoms with Gasteiger partial charge in [-0.15, -0.1) is 0 Å². The Kier molecular flexibility index (Phi) is 8.95. The highest BCUT2D eigenvalue weighted by atomic mass is 16.4. The quantitative estimate of drug-likeness (QED) is 0.662. The van der Waals surface area contributed by atoms with Crippen LogP contribution in [0.25, 0.3) is 0 Å². The first kappa shape index (κ1) is 17.7. The minimum absolute atomic E-state index is 0.0221. The Labute approximate surface area is 115 Å². The smallest absolute Gasteiger partial charge is 0.317 e. The van der Waals surface area contributed by atoms with Gasteiger partial charge in [-0.3, -0.25) is 4.79 Å². The van der Waals surface area contributed by atoms with Crippen LogP contribution < -0.4 is 5.32 Å². The first-order chi connectivity index (χ1) is 8.94. The number of likely N-dealkylation sites (N-methyl/N-ethyl adjacent to an activating group) is 1. The second kappa shape index (κ2) is 9.61. The van der Waals surface area contributed by atoms with Gasteiger partial charge >= 0.3 is 12.0 Å². The Hall–Kier alpha value is -1.30. The molecule has 0 aromatic heterocycles. The maximum Gasteiger partial charge on any atom is 0.317 e. The number of aliphatic carboxylic acids is 1. The maximum atomic E-state index is 12.0. The third-order valence-electron chi connectivity index (χ3n) is 3.06. The lowest BCUT2D eigenvalue weighted by Crippen LogP contribution is -2.48. The van der Waals surface area contributed by atoms with Crippen molar-refractivity contribution in [1.29, 1.82) is 0 Å². The second-order valence-corrected chi connectivity index (χ2v) is 4.56. The van der Waals surface area contributed by atoms with Crippen LogP contribution in [0.5, 0.6) is 0 Å². The molecule has 0 heterocycles. The minimum Gasteiger partial charge on any atom is -0.481 e. The fraction of sp³-hybridized carbons (Fsp3) is 0.846. The summed E-state index contributed by atoms with van der Waals surface area (Å²) >= 11 is 0. The van der Waals surface area contributed by atoms with Crippen molar-refractivity contribution in [3.05, 3.63) is 0 Å². The fourth-order valence-electron chi connectivity index (χ4n) is 1.85. The van der Waals surface area contributed by atoms with Crippen LogP contribution in [0, 0.1) is 0 Å². The monoisotopic (exact) mass is 273 g/mol. The van der Waals surface area contributed by atoms with E-state index in [1.807, 2.05) is 13.8 Å². The Balaban J connectivity index is 4.20. The van der Waals surface area contributed by atoms with Crippen LogP contribution in [-0.4, -0.2) is 65.7 Å². The highest BCUT2D eigenvalue weighted by molar-refractivity contribution is 5.75. The van der Waals surface area contributed by atoms with Crippen LogP contribution in [0.1, 0.15) is 34.1 Å². The molecule has 0 radical (unpaired) electrons. The lowest BCUT2D eigenvalue weighted by molar-refractivity contribution is -0.137. The molecule has 112 valence electrons. The normalized spacial score (nSPS) is 12.3. The third kappa shape index (κ3) is 7.66. The number of hydrogen-bond acceptors (Lipinski definition) is 3. The molecule has 2 N–H and O–H groups in total. The SMILES string of the molecule is CCN(CC)CC(C)NC(=O)N(CC)CCC(=O)O. The van der Waals surface area contributed by atoms with E-state index in [2.05, 4.69) is 24.1 Å². The largest absolute Gasteiger partial charge is 0.481 e. The Morgan fingerprint density at radius 2 is 1.74 bits per heavy atom. The first-order valence-electron chi connectivity index (χ1n) is 6.94. The van der Waals surface area contributed by atoms with E-state index in [4.69, 9.17) is 5.11 Å². The second-order valence-electron chi connectivity index (χ2n) is 4.56. The number of rotatable bonds is 9. The van der Waals surface area contributed by atoms with Crippen molar-refractivity contribution in [2.75, 3.05) is 32.7 Å². The van der Waals surface area contributed by atoms with Crippen molar-refractivity contribution in [2.45, 2.75) is 40.2 Å². The summed E-state index contributed by atoms with van der Waals surface area (Å²) in [6.07, 6.45) is -0.0221. The van der Waals surface area contributed by atoms with Crippen LogP contribution in [0.15, 0.2) is 0 Å². The van der Waals surface area contributed by atoms with Gasteiger partial charge in [0.25, 0.3) is 0 Å². The van der Waals surface area contributed by atoms with Gasteiger partial charge < -0.3 is 20.2 Å². The predicted octanol–water partition coefficient (Wildman–Crippen LogP) is 1.22. The summed E-state index contributed by atoms with van der Waals surface area (Å²) in [4.78, 5) is 26.2. The highest BCUT2D eigenvalue weighted by Gasteiger charge is 2.16. The topological polar surface area (TPSA) is 72.9 Å². The highest BCUT2D eigenvalue weighted by Crippen LogP contribution is 1.96. The molecule has 6 heteroatoms. The Bertz CT molecular complexity index is 280. The van der Waals surface area contributed by atoms with Crippen LogP contribution in [0.2, 0.25) is 0 Å². The van der Waals surface area contributed by atoms with Gasteiger partial charge in [-0.1, -0.05) is 13.8 Å². The molecule has 0 aliphatic rings. The molecular weight excluding hydrogens is 246 g/mol. The Morgan fingerprint density at radius 3 is 2.16 bits per heavy atom. The molecule has 2 amide bonds. The molecule has 1 unspecified atom stereocenters. The van der Waals surface area contributed by atoms with Crippen molar-refractivity contribution in [3.63, 3.8) is 0 Å². The number of nitrogens with zero attached hydrogens (tertiary/aromatic N) is 2. The first-order valence-corrected chi connectivity index (χ1v) is 6.94. The van der Waals surface area contributed by atoms with Gasteiger partial charge in [0.2, 0.25) is 0 Å². The molecule has 0 fully saturated rings. The van der Waals surface area contributed by atoms with Gasteiger partial charge in [0.15, 0.2) is 0 Å². The van der Waals surface area contributed by atoms with E-state index in [0.29, 0.717) is 6.54 Å². The fourth-order valence-corrected chi connectivity index (χ4v) is 1.85. The van der Waals surface area contributed by atoms with E-state index in [0.717, 1.165) is 19.6 Å². The van der Waals surface area contributed by atoms with E-state index in [-0.39, 0.29) is 25.0 Å². The number of nitrogens with one attached hydrogen (secondary N) is 1. The number of carbonyl (C=O) groups is 2. The van der Waals surface area contributed by atoms with Crippen LogP contribution in [0.3, 0.4) is 0 Å². The molecule has 0 spiro atoms. The number of carboxylic acids is 1. The maximum absolute atomic E-state index is 12.0.